The van der Waals surface area contributed by atoms with E-state index in [-0.39, 0.29) is 5.91 Å². The number of nitrogens with one attached hydrogen (secondary N) is 3. The number of benzene rings is 1. The molecule has 0 aliphatic carbocycles. The third-order valence-electron chi connectivity index (χ3n) is 5.43. The van der Waals surface area contributed by atoms with Crippen molar-refractivity contribution in [1.29, 1.82) is 0 Å². The van der Waals surface area contributed by atoms with Crippen LogP contribution in [0.15, 0.2) is 24.3 Å². The van der Waals surface area contributed by atoms with Gasteiger partial charge in [0.15, 0.2) is 4.77 Å². The van der Waals surface area contributed by atoms with Crippen molar-refractivity contribution in [2.45, 2.75) is 51.4 Å². The molecule has 0 spiro atoms. The lowest BCUT2D eigenvalue weighted by Gasteiger charge is -2.26. The predicted molar refractivity (Wildman–Crippen MR) is 122 cm³/mol. The molecule has 1 aromatic carbocycles. The van der Waals surface area contributed by atoms with Crippen molar-refractivity contribution in [1.82, 2.24) is 20.2 Å². The summed E-state index contributed by atoms with van der Waals surface area (Å²) >= 11 is 5.20. The van der Waals surface area contributed by atoms with Crippen LogP contribution in [0.25, 0.3) is 10.9 Å². The number of carbonyl (C=O) groups excluding carboxylic acids is 1. The first-order chi connectivity index (χ1) is 14.2. The van der Waals surface area contributed by atoms with Crippen molar-refractivity contribution in [3.8, 4) is 0 Å². The highest BCUT2D eigenvalue weighted by atomic mass is 32.1. The molecule has 1 saturated heterocycles. The van der Waals surface area contributed by atoms with Crippen LogP contribution < -0.4 is 10.6 Å². The van der Waals surface area contributed by atoms with Crippen LogP contribution in [-0.4, -0.2) is 53.5 Å². The standard InChI is InChI=1S/C22H33N5OS/c28-20(23-14-9-17-27-15-7-2-8-16-27)12-3-1-6-13-24-21-18-10-4-5-11-19(18)25-22(29)26-21/h4-5,10-11H,1-3,6-9,12-17H2,(H,23,28)(H2,24,25,26,29). The van der Waals surface area contributed by atoms with Gasteiger partial charge in [0.05, 0.1) is 5.52 Å². The number of rotatable bonds is 11. The minimum Gasteiger partial charge on any atom is -0.369 e. The second kappa shape index (κ2) is 11.9. The molecular formula is C22H33N5OS. The predicted octanol–water partition coefficient (Wildman–Crippen LogP) is 4.26. The quantitative estimate of drug-likeness (QED) is 0.378. The Bertz CT molecular complexity index is 831. The Morgan fingerprint density at radius 3 is 2.76 bits per heavy atom. The topological polar surface area (TPSA) is 73.0 Å². The van der Waals surface area contributed by atoms with E-state index in [0.29, 0.717) is 11.2 Å². The number of anilines is 1. The summed E-state index contributed by atoms with van der Waals surface area (Å²) in [7, 11) is 0. The van der Waals surface area contributed by atoms with Crippen LogP contribution in [0.4, 0.5) is 5.82 Å². The minimum absolute atomic E-state index is 0.179. The molecule has 0 saturated carbocycles. The third-order valence-corrected chi connectivity index (χ3v) is 5.63. The number of carbonyl (C=O) groups is 1. The van der Waals surface area contributed by atoms with Gasteiger partial charge in [-0.2, -0.15) is 0 Å². The summed E-state index contributed by atoms with van der Waals surface area (Å²) in [5.74, 6) is 1.01. The Morgan fingerprint density at radius 1 is 1.07 bits per heavy atom. The average Bonchev–Trinajstić information content (AvgIpc) is 2.74. The molecule has 1 aliphatic heterocycles. The molecule has 1 aromatic heterocycles. The lowest BCUT2D eigenvalue weighted by atomic mass is 10.1. The molecule has 6 nitrogen and oxygen atoms in total. The van der Waals surface area contributed by atoms with Gasteiger partial charge in [-0.3, -0.25) is 4.79 Å². The molecular weight excluding hydrogens is 382 g/mol. The third kappa shape index (κ3) is 7.40. The summed E-state index contributed by atoms with van der Waals surface area (Å²) in [5.41, 5.74) is 0.993. The highest BCUT2D eigenvalue weighted by Crippen LogP contribution is 2.19. The number of para-hydroxylation sites is 1. The number of hydrogen-bond donors (Lipinski definition) is 3. The first-order valence-electron chi connectivity index (χ1n) is 10.9. The Morgan fingerprint density at radius 2 is 1.90 bits per heavy atom. The van der Waals surface area contributed by atoms with Crippen molar-refractivity contribution in [2.75, 3.05) is 38.0 Å². The Kier molecular flexibility index (Phi) is 8.89. The summed E-state index contributed by atoms with van der Waals surface area (Å²) in [6.07, 6.45) is 8.62. The van der Waals surface area contributed by atoms with E-state index >= 15 is 0 Å². The smallest absolute Gasteiger partial charge is 0.219 e. The van der Waals surface area contributed by atoms with Crippen molar-refractivity contribution in [2.24, 2.45) is 0 Å². The number of H-pyrrole nitrogens is 1. The van der Waals surface area contributed by atoms with Crippen LogP contribution in [0, 0.1) is 4.77 Å². The monoisotopic (exact) mass is 415 g/mol. The molecule has 3 rings (SSSR count). The first kappa shape index (κ1) is 21.7. The van der Waals surface area contributed by atoms with Gasteiger partial charge in [-0.25, -0.2) is 4.98 Å². The lowest BCUT2D eigenvalue weighted by Crippen LogP contribution is -2.33. The van der Waals surface area contributed by atoms with Crippen molar-refractivity contribution < 1.29 is 4.79 Å². The molecule has 0 radical (unpaired) electrons. The number of nitrogens with zero attached hydrogens (tertiary/aromatic N) is 2. The number of piperidine rings is 1. The highest BCUT2D eigenvalue weighted by Gasteiger charge is 2.09. The van der Waals surface area contributed by atoms with E-state index in [4.69, 9.17) is 12.2 Å². The highest BCUT2D eigenvalue weighted by molar-refractivity contribution is 7.71. The molecule has 7 heteroatoms. The molecule has 1 aliphatic rings. The van der Waals surface area contributed by atoms with E-state index in [1.807, 2.05) is 24.3 Å². The number of aromatic amines is 1. The van der Waals surface area contributed by atoms with E-state index in [2.05, 4.69) is 25.5 Å². The number of fused-ring (bicyclic) bond motifs is 1. The second-order valence-electron chi connectivity index (χ2n) is 7.78. The van der Waals surface area contributed by atoms with Crippen molar-refractivity contribution in [3.05, 3.63) is 29.0 Å². The molecule has 2 heterocycles. The minimum atomic E-state index is 0.179. The summed E-state index contributed by atoms with van der Waals surface area (Å²) in [6, 6.07) is 8.02. The van der Waals surface area contributed by atoms with Gasteiger partial charge in [-0.15, -0.1) is 0 Å². The fraction of sp³-hybridized carbons (Fsp3) is 0.591. The number of amides is 1. The van der Waals surface area contributed by atoms with E-state index in [0.717, 1.165) is 62.0 Å². The van der Waals surface area contributed by atoms with Gasteiger partial charge in [0.25, 0.3) is 0 Å². The maximum Gasteiger partial charge on any atom is 0.219 e. The second-order valence-corrected chi connectivity index (χ2v) is 8.17. The summed E-state index contributed by atoms with van der Waals surface area (Å²) in [6.45, 7) is 5.18. The molecule has 0 unspecified atom stereocenters. The average molecular weight is 416 g/mol. The molecule has 0 atom stereocenters. The maximum absolute atomic E-state index is 12.0. The van der Waals surface area contributed by atoms with Crippen LogP contribution in [0.5, 0.6) is 0 Å². The van der Waals surface area contributed by atoms with Gasteiger partial charge in [-0.05, 0) is 76.1 Å². The number of aromatic nitrogens is 2. The largest absolute Gasteiger partial charge is 0.369 e. The van der Waals surface area contributed by atoms with E-state index < -0.39 is 0 Å². The van der Waals surface area contributed by atoms with Crippen molar-refractivity contribution in [3.63, 3.8) is 0 Å². The fourth-order valence-electron chi connectivity index (χ4n) is 3.83. The zero-order valence-electron chi connectivity index (χ0n) is 17.2. The first-order valence-corrected chi connectivity index (χ1v) is 11.4. The molecule has 0 bridgehead atoms. The van der Waals surface area contributed by atoms with E-state index in [1.54, 1.807) is 0 Å². The lowest BCUT2D eigenvalue weighted by molar-refractivity contribution is -0.121. The zero-order valence-corrected chi connectivity index (χ0v) is 18.0. The van der Waals surface area contributed by atoms with Crippen LogP contribution in [-0.2, 0) is 4.79 Å². The summed E-state index contributed by atoms with van der Waals surface area (Å²) in [5, 5.41) is 7.49. The summed E-state index contributed by atoms with van der Waals surface area (Å²) < 4.78 is 0.489. The van der Waals surface area contributed by atoms with Gasteiger partial charge < -0.3 is 20.5 Å². The van der Waals surface area contributed by atoms with E-state index in [9.17, 15) is 4.79 Å². The molecule has 3 N–H and O–H groups in total. The van der Waals surface area contributed by atoms with Crippen LogP contribution >= 0.6 is 12.2 Å². The maximum atomic E-state index is 12.0. The Balaban J connectivity index is 1.25. The molecule has 2 aromatic rings. The van der Waals surface area contributed by atoms with Crippen LogP contribution in [0.2, 0.25) is 0 Å². The van der Waals surface area contributed by atoms with Gasteiger partial charge in [0.1, 0.15) is 5.82 Å². The van der Waals surface area contributed by atoms with Crippen molar-refractivity contribution >= 4 is 34.8 Å². The molecule has 29 heavy (non-hydrogen) atoms. The number of hydrogen-bond acceptors (Lipinski definition) is 5. The zero-order chi connectivity index (χ0) is 20.3. The Labute approximate surface area is 178 Å². The number of unbranched alkanes of at least 4 members (excludes halogenated alkanes) is 2. The molecule has 158 valence electrons. The SMILES string of the molecule is O=C(CCCCCNc1nc(=S)[nH]c2ccccc12)NCCCN1CCCCC1. The van der Waals surface area contributed by atoms with Crippen LogP contribution in [0.1, 0.15) is 51.4 Å². The molecule has 1 fully saturated rings. The van der Waals surface area contributed by atoms with Gasteiger partial charge >= 0.3 is 0 Å². The fourth-order valence-corrected chi connectivity index (χ4v) is 4.04. The summed E-state index contributed by atoms with van der Waals surface area (Å²) in [4.78, 5) is 22.0. The number of likely N-dealkylation sites (tertiary alicyclic amines) is 1. The Hall–Kier alpha value is -1.99. The van der Waals surface area contributed by atoms with Gasteiger partial charge in [-0.1, -0.05) is 25.0 Å². The normalized spacial score (nSPS) is 14.8. The van der Waals surface area contributed by atoms with Gasteiger partial charge in [0.2, 0.25) is 5.91 Å². The molecule has 1 amide bonds. The van der Waals surface area contributed by atoms with Crippen LogP contribution in [0.3, 0.4) is 0 Å². The van der Waals surface area contributed by atoms with E-state index in [1.165, 1.54) is 32.4 Å². The van der Waals surface area contributed by atoms with Gasteiger partial charge in [0, 0.05) is 24.9 Å².